The van der Waals surface area contributed by atoms with Gasteiger partial charge in [0.15, 0.2) is 0 Å². The van der Waals surface area contributed by atoms with Gasteiger partial charge in [-0.3, -0.25) is 4.90 Å². The van der Waals surface area contributed by atoms with Gasteiger partial charge in [-0.1, -0.05) is 63.5 Å². The lowest BCUT2D eigenvalue weighted by atomic mass is 9.99. The van der Waals surface area contributed by atoms with E-state index in [0.717, 1.165) is 22.5 Å². The van der Waals surface area contributed by atoms with Crippen LogP contribution in [-0.4, -0.2) is 18.0 Å². The largest absolute Gasteiger partial charge is 0.299 e. The first kappa shape index (κ1) is 18.3. The van der Waals surface area contributed by atoms with E-state index < -0.39 is 0 Å². The minimum Gasteiger partial charge on any atom is -0.299 e. The van der Waals surface area contributed by atoms with Crippen LogP contribution in [0.25, 0.3) is 0 Å². The van der Waals surface area contributed by atoms with Crippen molar-refractivity contribution in [2.24, 2.45) is 0 Å². The molecular weight excluding hydrogens is 358 g/mol. The summed E-state index contributed by atoms with van der Waals surface area (Å²) in [5.41, 5.74) is 2.88. The molecule has 0 bridgehead atoms. The van der Waals surface area contributed by atoms with E-state index in [-0.39, 0.29) is 0 Å². The summed E-state index contributed by atoms with van der Waals surface area (Å²) in [7, 11) is 0. The predicted molar refractivity (Wildman–Crippen MR) is 101 cm³/mol. The number of hydrogen-bond donors (Lipinski definition) is 0. The van der Waals surface area contributed by atoms with Crippen molar-refractivity contribution in [2.75, 3.05) is 13.1 Å². The average Bonchev–Trinajstić information content (AvgIpc) is 2.51. The number of fused-ring (bicyclic) bond motifs is 1. The molecule has 0 spiro atoms. The lowest BCUT2D eigenvalue weighted by Gasteiger charge is -2.29. The fraction of sp³-hybridized carbons (Fsp3) is 0.684. The third-order valence-corrected chi connectivity index (χ3v) is 5.86. The topological polar surface area (TPSA) is 3.24 Å². The number of nitrogens with zero attached hydrogens (tertiary/aromatic N) is 1. The van der Waals surface area contributed by atoms with E-state index in [0.29, 0.717) is 0 Å². The molecule has 0 aliphatic carbocycles. The normalized spacial score (nSPS) is 15.0. The van der Waals surface area contributed by atoms with Gasteiger partial charge in [-0.25, -0.2) is 0 Å². The van der Waals surface area contributed by atoms with E-state index in [1.807, 2.05) is 0 Å². The Morgan fingerprint density at radius 2 is 1.68 bits per heavy atom. The predicted octanol–water partition coefficient (Wildman–Crippen LogP) is 6.60. The van der Waals surface area contributed by atoms with Crippen molar-refractivity contribution >= 4 is 27.5 Å². The molecule has 1 aliphatic heterocycles. The van der Waals surface area contributed by atoms with Crippen molar-refractivity contribution in [1.82, 2.24) is 4.90 Å². The molecule has 1 aliphatic rings. The van der Waals surface area contributed by atoms with Crippen LogP contribution in [-0.2, 0) is 13.0 Å². The molecule has 1 aromatic rings. The van der Waals surface area contributed by atoms with Gasteiger partial charge in [-0.2, -0.15) is 0 Å². The van der Waals surface area contributed by atoms with Crippen molar-refractivity contribution in [3.05, 3.63) is 32.8 Å². The Balaban J connectivity index is 1.63. The lowest BCUT2D eigenvalue weighted by Crippen LogP contribution is -2.31. The van der Waals surface area contributed by atoms with Gasteiger partial charge in [-0.05, 0) is 58.6 Å². The molecule has 0 aromatic heterocycles. The summed E-state index contributed by atoms with van der Waals surface area (Å²) >= 11 is 9.75. The molecule has 1 nitrogen and oxygen atoms in total. The molecule has 0 unspecified atom stereocenters. The summed E-state index contributed by atoms with van der Waals surface area (Å²) in [6.45, 7) is 5.78. The SMILES string of the molecule is CCCCCCCCCCN1CCc2cc(Br)c(Cl)cc2C1. The van der Waals surface area contributed by atoms with Gasteiger partial charge in [0.1, 0.15) is 0 Å². The third-order valence-electron chi connectivity index (χ3n) is 4.66. The van der Waals surface area contributed by atoms with E-state index in [4.69, 9.17) is 11.6 Å². The number of hydrogen-bond acceptors (Lipinski definition) is 1. The van der Waals surface area contributed by atoms with Crippen LogP contribution in [0.3, 0.4) is 0 Å². The van der Waals surface area contributed by atoms with Gasteiger partial charge >= 0.3 is 0 Å². The van der Waals surface area contributed by atoms with E-state index in [2.05, 4.69) is 39.9 Å². The highest BCUT2D eigenvalue weighted by Gasteiger charge is 2.17. The molecule has 0 amide bonds. The molecule has 0 saturated carbocycles. The van der Waals surface area contributed by atoms with E-state index in [1.54, 1.807) is 0 Å². The number of rotatable bonds is 9. The van der Waals surface area contributed by atoms with Crippen LogP contribution in [0.5, 0.6) is 0 Å². The zero-order valence-corrected chi connectivity index (χ0v) is 16.2. The van der Waals surface area contributed by atoms with Crippen LogP contribution in [0.15, 0.2) is 16.6 Å². The fourth-order valence-electron chi connectivity index (χ4n) is 3.27. The Hall–Kier alpha value is -0.0500. The molecular formula is C19H29BrClN. The summed E-state index contributed by atoms with van der Waals surface area (Å²) in [5.74, 6) is 0. The molecule has 2 rings (SSSR count). The summed E-state index contributed by atoms with van der Waals surface area (Å²) in [6.07, 6.45) is 12.3. The van der Waals surface area contributed by atoms with Gasteiger partial charge in [0, 0.05) is 17.6 Å². The first-order chi connectivity index (χ1) is 10.7. The van der Waals surface area contributed by atoms with Crippen molar-refractivity contribution in [3.8, 4) is 0 Å². The summed E-state index contributed by atoms with van der Waals surface area (Å²) in [6, 6.07) is 4.34. The molecule has 22 heavy (non-hydrogen) atoms. The average molecular weight is 387 g/mol. The van der Waals surface area contributed by atoms with Crippen LogP contribution < -0.4 is 0 Å². The summed E-state index contributed by atoms with van der Waals surface area (Å²) in [4.78, 5) is 2.59. The highest BCUT2D eigenvalue weighted by Crippen LogP contribution is 2.29. The molecule has 0 radical (unpaired) electrons. The van der Waals surface area contributed by atoms with Crippen molar-refractivity contribution < 1.29 is 0 Å². The van der Waals surface area contributed by atoms with Crippen LogP contribution in [0.4, 0.5) is 0 Å². The number of benzene rings is 1. The van der Waals surface area contributed by atoms with Gasteiger partial charge in [-0.15, -0.1) is 0 Å². The second-order valence-electron chi connectivity index (χ2n) is 6.54. The van der Waals surface area contributed by atoms with Crippen LogP contribution in [0.1, 0.15) is 69.4 Å². The number of unbranched alkanes of at least 4 members (excludes halogenated alkanes) is 7. The van der Waals surface area contributed by atoms with E-state index in [1.165, 1.54) is 75.6 Å². The zero-order valence-electron chi connectivity index (χ0n) is 13.8. The second kappa shape index (κ2) is 9.95. The smallest absolute Gasteiger partial charge is 0.0551 e. The van der Waals surface area contributed by atoms with Crippen LogP contribution in [0, 0.1) is 0 Å². The minimum absolute atomic E-state index is 0.840. The van der Waals surface area contributed by atoms with Gasteiger partial charge in [0.05, 0.1) is 5.02 Å². The molecule has 124 valence electrons. The molecule has 3 heteroatoms. The van der Waals surface area contributed by atoms with E-state index >= 15 is 0 Å². The summed E-state index contributed by atoms with van der Waals surface area (Å²) in [5, 5.41) is 0.840. The van der Waals surface area contributed by atoms with Crippen molar-refractivity contribution in [3.63, 3.8) is 0 Å². The van der Waals surface area contributed by atoms with Crippen molar-refractivity contribution in [2.45, 2.75) is 71.3 Å². The second-order valence-corrected chi connectivity index (χ2v) is 7.80. The Morgan fingerprint density at radius 3 is 2.41 bits per heavy atom. The molecule has 0 atom stereocenters. The van der Waals surface area contributed by atoms with Crippen LogP contribution in [0.2, 0.25) is 5.02 Å². The quantitative estimate of drug-likeness (QED) is 0.432. The van der Waals surface area contributed by atoms with Gasteiger partial charge in [0.25, 0.3) is 0 Å². The Kier molecular flexibility index (Phi) is 8.27. The summed E-state index contributed by atoms with van der Waals surface area (Å²) < 4.78 is 1.03. The lowest BCUT2D eigenvalue weighted by molar-refractivity contribution is 0.248. The Bertz CT molecular complexity index is 461. The standard InChI is InChI=1S/C19H29BrClN/c1-2-3-4-5-6-7-8-9-11-22-12-10-16-13-18(20)19(21)14-17(16)15-22/h13-14H,2-12,15H2,1H3. The highest BCUT2D eigenvalue weighted by molar-refractivity contribution is 9.10. The maximum absolute atomic E-state index is 6.23. The first-order valence-corrected chi connectivity index (χ1v) is 10.1. The van der Waals surface area contributed by atoms with Crippen LogP contribution >= 0.6 is 27.5 Å². The first-order valence-electron chi connectivity index (χ1n) is 8.90. The molecule has 0 saturated heterocycles. The molecule has 1 aromatic carbocycles. The highest BCUT2D eigenvalue weighted by atomic mass is 79.9. The minimum atomic E-state index is 0.840. The zero-order chi connectivity index (χ0) is 15.8. The number of halogens is 2. The monoisotopic (exact) mass is 385 g/mol. The maximum atomic E-state index is 6.23. The molecule has 1 heterocycles. The molecule has 0 N–H and O–H groups in total. The Morgan fingerprint density at radius 1 is 1.00 bits per heavy atom. The Labute approximate surface area is 149 Å². The fourth-order valence-corrected chi connectivity index (χ4v) is 3.84. The van der Waals surface area contributed by atoms with Crippen molar-refractivity contribution in [1.29, 1.82) is 0 Å². The molecule has 0 fully saturated rings. The maximum Gasteiger partial charge on any atom is 0.0551 e. The van der Waals surface area contributed by atoms with Gasteiger partial charge in [0.2, 0.25) is 0 Å². The third kappa shape index (κ3) is 5.86. The van der Waals surface area contributed by atoms with Gasteiger partial charge < -0.3 is 0 Å². The van der Waals surface area contributed by atoms with E-state index in [9.17, 15) is 0 Å².